The molecule has 3 rings (SSSR count). The van der Waals surface area contributed by atoms with Crippen molar-refractivity contribution in [1.82, 2.24) is 14.8 Å². The smallest absolute Gasteiger partial charge is 0.325 e. The maximum Gasteiger partial charge on any atom is 0.344 e. The quantitative estimate of drug-likeness (QED) is 0.825. The number of aromatic amines is 1. The van der Waals surface area contributed by atoms with E-state index in [9.17, 15) is 9.59 Å². The van der Waals surface area contributed by atoms with Crippen molar-refractivity contribution in [3.63, 3.8) is 0 Å². The summed E-state index contributed by atoms with van der Waals surface area (Å²) in [6.45, 7) is 5.81. The van der Waals surface area contributed by atoms with Crippen molar-refractivity contribution < 1.29 is 4.79 Å². The largest absolute Gasteiger partial charge is 0.344 e. The lowest BCUT2D eigenvalue weighted by Crippen LogP contribution is -2.24. The highest BCUT2D eigenvalue weighted by Crippen LogP contribution is 2.36. The molecule has 1 atom stereocenters. The number of carbonyl (C=O) groups excluding carboxylic acids is 1. The summed E-state index contributed by atoms with van der Waals surface area (Å²) in [5, 5.41) is 9.70. The van der Waals surface area contributed by atoms with Gasteiger partial charge in [0.1, 0.15) is 0 Å². The molecule has 0 saturated heterocycles. The van der Waals surface area contributed by atoms with Crippen LogP contribution < -0.4 is 11.0 Å². The number of amides is 1. The highest BCUT2D eigenvalue weighted by Gasteiger charge is 2.30. The number of rotatable bonds is 5. The van der Waals surface area contributed by atoms with Crippen LogP contribution >= 0.6 is 11.8 Å². The minimum Gasteiger partial charge on any atom is -0.325 e. The molecule has 7 heteroatoms. The zero-order valence-electron chi connectivity index (χ0n) is 13.4. The van der Waals surface area contributed by atoms with Crippen LogP contribution in [0.3, 0.4) is 0 Å². The summed E-state index contributed by atoms with van der Waals surface area (Å²) >= 11 is 1.30. The number of anilines is 1. The van der Waals surface area contributed by atoms with Gasteiger partial charge in [-0.05, 0) is 45.2 Å². The molecule has 0 spiro atoms. The number of benzene rings is 1. The van der Waals surface area contributed by atoms with E-state index in [0.717, 1.165) is 29.7 Å². The average molecular weight is 332 g/mol. The minimum absolute atomic E-state index is 0.0975. The van der Waals surface area contributed by atoms with Gasteiger partial charge in [0.25, 0.3) is 0 Å². The highest BCUT2D eigenvalue weighted by atomic mass is 32.2. The molecule has 0 unspecified atom stereocenters. The van der Waals surface area contributed by atoms with Gasteiger partial charge in [-0.15, -0.1) is 5.10 Å². The summed E-state index contributed by atoms with van der Waals surface area (Å²) in [5.41, 5.74) is 2.81. The second kappa shape index (κ2) is 6.23. The zero-order chi connectivity index (χ0) is 16.6. The number of hydrogen-bond acceptors (Lipinski definition) is 4. The number of carbonyl (C=O) groups is 1. The van der Waals surface area contributed by atoms with Gasteiger partial charge in [-0.2, -0.15) is 0 Å². The number of aryl methyl sites for hydroxylation is 2. The molecule has 2 N–H and O–H groups in total. The van der Waals surface area contributed by atoms with Crippen molar-refractivity contribution in [3.8, 4) is 0 Å². The van der Waals surface area contributed by atoms with E-state index in [4.69, 9.17) is 0 Å². The Morgan fingerprint density at radius 3 is 2.83 bits per heavy atom. The topological polar surface area (TPSA) is 79.8 Å². The lowest BCUT2D eigenvalue weighted by atomic mass is 10.1. The number of H-pyrrole nitrogens is 1. The van der Waals surface area contributed by atoms with Crippen LogP contribution in [0.15, 0.2) is 28.2 Å². The first-order valence-corrected chi connectivity index (χ1v) is 8.55. The van der Waals surface area contributed by atoms with Crippen LogP contribution in [0.2, 0.25) is 0 Å². The summed E-state index contributed by atoms with van der Waals surface area (Å²) in [5.74, 6) is -0.0975. The van der Waals surface area contributed by atoms with Gasteiger partial charge in [-0.25, -0.2) is 9.89 Å². The molecule has 0 bridgehead atoms. The lowest BCUT2D eigenvalue weighted by Gasteiger charge is -2.13. The summed E-state index contributed by atoms with van der Waals surface area (Å²) in [4.78, 5) is 24.2. The van der Waals surface area contributed by atoms with Crippen LogP contribution in [0.5, 0.6) is 0 Å². The Balaban J connectivity index is 1.69. The molecule has 1 aromatic heterocycles. The average Bonchev–Trinajstić information content (AvgIpc) is 3.26. The number of nitrogens with one attached hydrogen (secondary N) is 2. The molecular formula is C16H20N4O2S. The van der Waals surface area contributed by atoms with Gasteiger partial charge in [0, 0.05) is 11.7 Å². The standard InChI is InChI=1S/C16H20N4O2S/c1-9-4-7-13(10(2)8-9)17-14(21)11(3)23-16-19-18-15(22)20(16)12-5-6-12/h4,7-8,11-12H,5-6H2,1-3H3,(H,17,21)(H,18,22)/t11-/m1/s1. The van der Waals surface area contributed by atoms with Crippen LogP contribution in [0, 0.1) is 13.8 Å². The van der Waals surface area contributed by atoms with Gasteiger partial charge in [0.15, 0.2) is 5.16 Å². The van der Waals surface area contributed by atoms with Crippen molar-refractivity contribution >= 4 is 23.4 Å². The molecule has 1 aromatic carbocycles. The number of thioether (sulfide) groups is 1. The third-order valence-electron chi connectivity index (χ3n) is 3.88. The van der Waals surface area contributed by atoms with Crippen molar-refractivity contribution in [2.24, 2.45) is 0 Å². The van der Waals surface area contributed by atoms with Gasteiger partial charge in [0.05, 0.1) is 5.25 Å². The number of hydrogen-bond donors (Lipinski definition) is 2. The van der Waals surface area contributed by atoms with Gasteiger partial charge in [-0.3, -0.25) is 9.36 Å². The third-order valence-corrected chi connectivity index (χ3v) is 4.94. The number of nitrogens with zero attached hydrogens (tertiary/aromatic N) is 2. The first-order valence-electron chi connectivity index (χ1n) is 7.67. The van der Waals surface area contributed by atoms with E-state index in [1.807, 2.05) is 39.0 Å². The van der Waals surface area contributed by atoms with Crippen LogP contribution in [-0.2, 0) is 4.79 Å². The molecule has 0 radical (unpaired) electrons. The Bertz CT molecular complexity index is 792. The summed E-state index contributed by atoms with van der Waals surface area (Å²) < 4.78 is 1.66. The second-order valence-corrected chi connectivity index (χ2v) is 7.29. The molecule has 6 nitrogen and oxygen atoms in total. The van der Waals surface area contributed by atoms with Crippen LogP contribution in [0.1, 0.15) is 36.9 Å². The first-order chi connectivity index (χ1) is 11.0. The molecule has 1 aliphatic carbocycles. The van der Waals surface area contributed by atoms with Crippen molar-refractivity contribution in [3.05, 3.63) is 39.8 Å². The molecule has 1 heterocycles. The fourth-order valence-electron chi connectivity index (χ4n) is 2.43. The maximum absolute atomic E-state index is 12.4. The van der Waals surface area contributed by atoms with E-state index in [0.29, 0.717) is 5.16 Å². The van der Waals surface area contributed by atoms with E-state index < -0.39 is 0 Å². The van der Waals surface area contributed by atoms with Gasteiger partial charge in [-0.1, -0.05) is 29.5 Å². The Morgan fingerprint density at radius 2 is 2.17 bits per heavy atom. The SMILES string of the molecule is Cc1ccc(NC(=O)[C@@H](C)Sc2n[nH]c(=O)n2C2CC2)c(C)c1. The van der Waals surface area contributed by atoms with Crippen molar-refractivity contribution in [1.29, 1.82) is 0 Å². The third kappa shape index (κ3) is 3.50. The molecular weight excluding hydrogens is 312 g/mol. The second-order valence-electron chi connectivity index (χ2n) is 5.98. The first kappa shape index (κ1) is 15.9. The highest BCUT2D eigenvalue weighted by molar-refractivity contribution is 8.00. The van der Waals surface area contributed by atoms with E-state index in [2.05, 4.69) is 15.5 Å². The Morgan fingerprint density at radius 1 is 1.43 bits per heavy atom. The van der Waals surface area contributed by atoms with Gasteiger partial charge >= 0.3 is 5.69 Å². The molecule has 1 aliphatic rings. The van der Waals surface area contributed by atoms with Crippen LogP contribution in [0.4, 0.5) is 5.69 Å². The predicted molar refractivity (Wildman–Crippen MR) is 91.0 cm³/mol. The van der Waals surface area contributed by atoms with Crippen molar-refractivity contribution in [2.45, 2.75) is 50.1 Å². The van der Waals surface area contributed by atoms with Crippen LogP contribution in [0.25, 0.3) is 0 Å². The predicted octanol–water partition coefficient (Wildman–Crippen LogP) is 2.64. The normalized spacial score (nSPS) is 15.4. The Hall–Kier alpha value is -2.02. The van der Waals surface area contributed by atoms with Crippen molar-refractivity contribution in [2.75, 3.05) is 5.32 Å². The molecule has 23 heavy (non-hydrogen) atoms. The van der Waals surface area contributed by atoms with E-state index in [-0.39, 0.29) is 22.9 Å². The number of aromatic nitrogens is 3. The fraction of sp³-hybridized carbons (Fsp3) is 0.438. The van der Waals surface area contributed by atoms with Gasteiger partial charge < -0.3 is 5.32 Å². The Labute approximate surface area is 138 Å². The monoisotopic (exact) mass is 332 g/mol. The van der Waals surface area contributed by atoms with E-state index in [1.54, 1.807) is 4.57 Å². The molecule has 2 aromatic rings. The van der Waals surface area contributed by atoms with Gasteiger partial charge in [0.2, 0.25) is 5.91 Å². The minimum atomic E-state index is -0.344. The molecule has 1 fully saturated rings. The van der Waals surface area contributed by atoms with E-state index >= 15 is 0 Å². The maximum atomic E-state index is 12.4. The molecule has 1 saturated carbocycles. The zero-order valence-corrected chi connectivity index (χ0v) is 14.2. The van der Waals surface area contributed by atoms with E-state index in [1.165, 1.54) is 11.8 Å². The summed E-state index contributed by atoms with van der Waals surface area (Å²) in [7, 11) is 0. The summed E-state index contributed by atoms with van der Waals surface area (Å²) in [6.07, 6.45) is 1.99. The fourth-order valence-corrected chi connectivity index (χ4v) is 3.35. The Kier molecular flexibility index (Phi) is 4.30. The van der Waals surface area contributed by atoms with Crippen LogP contribution in [-0.4, -0.2) is 25.9 Å². The lowest BCUT2D eigenvalue weighted by molar-refractivity contribution is -0.115. The summed E-state index contributed by atoms with van der Waals surface area (Å²) in [6, 6.07) is 6.15. The molecule has 0 aliphatic heterocycles. The molecule has 122 valence electrons. The molecule has 1 amide bonds.